The van der Waals surface area contributed by atoms with Crippen LogP contribution in [0.25, 0.3) is 0 Å². The minimum absolute atomic E-state index is 0.0874. The maximum Gasteiger partial charge on any atom is 0.260 e. The molecule has 1 aliphatic rings. The standard InChI is InChI=1S/C11H11BrFNO2.C7H8FNO.C4H5Br2ClO/c12-10-5-6-16-14(11(10)15)7-8-1-3-9(13)4-2-8;8-7-3-1-6(2-4-7)5-9-10;5-2-1-3(6)4(7)8/h1-4,10H,5-7H2;1-4,9-10H,5H2;3H,1-2H2. The summed E-state index contributed by atoms with van der Waals surface area (Å²) in [5.41, 5.74) is 3.68. The first-order chi connectivity index (χ1) is 16.2. The fourth-order valence-electron chi connectivity index (χ4n) is 2.39. The van der Waals surface area contributed by atoms with E-state index in [0.29, 0.717) is 26.1 Å². The van der Waals surface area contributed by atoms with Crippen molar-refractivity contribution in [2.45, 2.75) is 35.6 Å². The molecule has 3 rings (SSSR count). The van der Waals surface area contributed by atoms with Crippen LogP contribution in [0, 0.1) is 11.6 Å². The van der Waals surface area contributed by atoms with Gasteiger partial charge in [0.15, 0.2) is 0 Å². The van der Waals surface area contributed by atoms with Gasteiger partial charge in [0, 0.05) is 11.9 Å². The fraction of sp³-hybridized carbons (Fsp3) is 0.364. The van der Waals surface area contributed by atoms with E-state index in [1.54, 1.807) is 24.3 Å². The highest BCUT2D eigenvalue weighted by atomic mass is 79.9. The van der Waals surface area contributed by atoms with Crippen LogP contribution in [0.4, 0.5) is 8.78 Å². The van der Waals surface area contributed by atoms with Crippen molar-refractivity contribution in [1.29, 1.82) is 0 Å². The average Bonchev–Trinajstić information content (AvgIpc) is 2.81. The molecule has 0 aliphatic carbocycles. The molecular formula is C22H24Br3ClF2N2O4. The lowest BCUT2D eigenvalue weighted by atomic mass is 10.2. The average molecular weight is 694 g/mol. The lowest BCUT2D eigenvalue weighted by molar-refractivity contribution is -0.200. The Hall–Kier alpha value is -0.950. The van der Waals surface area contributed by atoms with Gasteiger partial charge < -0.3 is 5.21 Å². The number of halogens is 6. The summed E-state index contributed by atoms with van der Waals surface area (Å²) < 4.78 is 24.9. The summed E-state index contributed by atoms with van der Waals surface area (Å²) in [6.45, 7) is 1.21. The minimum Gasteiger partial charge on any atom is -0.316 e. The Morgan fingerprint density at radius 1 is 1.15 bits per heavy atom. The van der Waals surface area contributed by atoms with Crippen molar-refractivity contribution >= 4 is 70.5 Å². The lowest BCUT2D eigenvalue weighted by Crippen LogP contribution is -2.41. The summed E-state index contributed by atoms with van der Waals surface area (Å²) in [4.78, 5) is 26.8. The molecule has 6 nitrogen and oxygen atoms in total. The van der Waals surface area contributed by atoms with E-state index in [1.165, 1.54) is 29.3 Å². The molecule has 0 spiro atoms. The lowest BCUT2D eigenvalue weighted by Gasteiger charge is -2.28. The summed E-state index contributed by atoms with van der Waals surface area (Å²) >= 11 is 14.7. The Bertz CT molecular complexity index is 879. The predicted molar refractivity (Wildman–Crippen MR) is 137 cm³/mol. The van der Waals surface area contributed by atoms with Gasteiger partial charge in [0.1, 0.15) is 11.6 Å². The van der Waals surface area contributed by atoms with E-state index in [-0.39, 0.29) is 32.4 Å². The molecule has 2 atom stereocenters. The van der Waals surface area contributed by atoms with Crippen LogP contribution in [0.5, 0.6) is 0 Å². The van der Waals surface area contributed by atoms with Gasteiger partial charge in [-0.3, -0.25) is 14.4 Å². The minimum atomic E-state index is -0.329. The number of alkyl halides is 3. The van der Waals surface area contributed by atoms with Gasteiger partial charge in [-0.2, -0.15) is 0 Å². The number of hydroxylamine groups is 3. The molecule has 1 saturated heterocycles. The third-order valence-electron chi connectivity index (χ3n) is 4.18. The maximum atomic E-state index is 12.7. The number of rotatable bonds is 7. The number of benzene rings is 2. The topological polar surface area (TPSA) is 78.9 Å². The second-order valence-electron chi connectivity index (χ2n) is 6.80. The van der Waals surface area contributed by atoms with Crippen LogP contribution in [0.2, 0.25) is 0 Å². The third kappa shape index (κ3) is 12.7. The Morgan fingerprint density at radius 2 is 1.68 bits per heavy atom. The zero-order chi connectivity index (χ0) is 25.5. The van der Waals surface area contributed by atoms with Gasteiger partial charge in [0.05, 0.1) is 22.8 Å². The highest BCUT2D eigenvalue weighted by Gasteiger charge is 2.27. The summed E-state index contributed by atoms with van der Waals surface area (Å²) in [5.74, 6) is -0.634. The Morgan fingerprint density at radius 3 is 2.12 bits per heavy atom. The zero-order valence-corrected chi connectivity index (χ0v) is 23.4. The van der Waals surface area contributed by atoms with Crippen LogP contribution in [-0.4, -0.2) is 43.0 Å². The van der Waals surface area contributed by atoms with Gasteiger partial charge in [0.2, 0.25) is 5.24 Å². The molecule has 2 aromatic carbocycles. The quantitative estimate of drug-likeness (QED) is 0.216. The first kappa shape index (κ1) is 31.1. The van der Waals surface area contributed by atoms with Crippen molar-refractivity contribution in [3.8, 4) is 0 Å². The number of amides is 1. The van der Waals surface area contributed by atoms with Gasteiger partial charge in [-0.25, -0.2) is 19.3 Å². The van der Waals surface area contributed by atoms with Gasteiger partial charge in [-0.15, -0.1) is 0 Å². The summed E-state index contributed by atoms with van der Waals surface area (Å²) in [6, 6.07) is 12.0. The SMILES string of the molecule is O=C(Cl)C(Br)CCBr.O=C1C(Br)CCON1Cc1ccc(F)cc1.ONCc1ccc(F)cc1. The molecule has 2 unspecified atom stereocenters. The smallest absolute Gasteiger partial charge is 0.260 e. The molecule has 34 heavy (non-hydrogen) atoms. The normalized spacial score (nSPS) is 16.0. The number of carbonyl (C=O) groups is 2. The van der Waals surface area contributed by atoms with Crippen molar-refractivity contribution in [1.82, 2.24) is 10.5 Å². The van der Waals surface area contributed by atoms with Crippen molar-refractivity contribution < 1.29 is 28.4 Å². The van der Waals surface area contributed by atoms with E-state index in [2.05, 4.69) is 47.8 Å². The molecule has 1 amide bonds. The number of nitrogens with one attached hydrogen (secondary N) is 1. The molecule has 0 aromatic heterocycles. The second-order valence-corrected chi connectivity index (χ2v) is 10.2. The summed E-state index contributed by atoms with van der Waals surface area (Å²) in [7, 11) is 0. The molecule has 1 fully saturated rings. The van der Waals surface area contributed by atoms with Crippen molar-refractivity contribution in [2.75, 3.05) is 11.9 Å². The number of hydrogen-bond donors (Lipinski definition) is 2. The van der Waals surface area contributed by atoms with E-state index in [1.807, 2.05) is 5.48 Å². The fourth-order valence-corrected chi connectivity index (χ4v) is 4.22. The Labute approximate surface area is 227 Å². The van der Waals surface area contributed by atoms with Crippen LogP contribution in [0.1, 0.15) is 24.0 Å². The maximum absolute atomic E-state index is 12.7. The van der Waals surface area contributed by atoms with E-state index in [4.69, 9.17) is 21.6 Å². The van der Waals surface area contributed by atoms with Gasteiger partial charge >= 0.3 is 0 Å². The highest BCUT2D eigenvalue weighted by molar-refractivity contribution is 9.10. The van der Waals surface area contributed by atoms with Crippen molar-refractivity contribution in [3.05, 3.63) is 71.3 Å². The van der Waals surface area contributed by atoms with Crippen LogP contribution < -0.4 is 5.48 Å². The Balaban J connectivity index is 0.000000277. The second kappa shape index (κ2) is 17.5. The largest absolute Gasteiger partial charge is 0.316 e. The zero-order valence-electron chi connectivity index (χ0n) is 17.9. The molecule has 2 N–H and O–H groups in total. The molecule has 12 heteroatoms. The molecule has 1 aliphatic heterocycles. The molecule has 0 saturated carbocycles. The number of hydrogen-bond acceptors (Lipinski definition) is 5. The molecular weight excluding hydrogens is 669 g/mol. The molecule has 0 radical (unpaired) electrons. The molecule has 188 valence electrons. The third-order valence-corrected chi connectivity index (χ3v) is 6.88. The molecule has 1 heterocycles. The summed E-state index contributed by atoms with van der Waals surface area (Å²) in [6.07, 6.45) is 1.42. The monoisotopic (exact) mass is 690 g/mol. The predicted octanol–water partition coefficient (Wildman–Crippen LogP) is 5.86. The number of nitrogens with zero attached hydrogens (tertiary/aromatic N) is 1. The number of carbonyl (C=O) groups excluding carboxylic acids is 2. The first-order valence-corrected chi connectivity index (χ1v) is 13.3. The van der Waals surface area contributed by atoms with Crippen LogP contribution >= 0.6 is 59.4 Å². The van der Waals surface area contributed by atoms with E-state index >= 15 is 0 Å². The van der Waals surface area contributed by atoms with Crippen LogP contribution in [0.15, 0.2) is 48.5 Å². The van der Waals surface area contributed by atoms with E-state index in [0.717, 1.165) is 22.9 Å². The first-order valence-electron chi connectivity index (χ1n) is 10.0. The molecule has 0 bridgehead atoms. The van der Waals surface area contributed by atoms with E-state index in [9.17, 15) is 18.4 Å². The van der Waals surface area contributed by atoms with Crippen LogP contribution in [0.3, 0.4) is 0 Å². The van der Waals surface area contributed by atoms with Crippen molar-refractivity contribution in [3.63, 3.8) is 0 Å². The van der Waals surface area contributed by atoms with Crippen LogP contribution in [-0.2, 0) is 27.5 Å². The van der Waals surface area contributed by atoms with Gasteiger partial charge in [0.25, 0.3) is 5.91 Å². The Kier molecular flexibility index (Phi) is 16.0. The van der Waals surface area contributed by atoms with Gasteiger partial charge in [-0.1, -0.05) is 72.1 Å². The highest BCUT2D eigenvalue weighted by Crippen LogP contribution is 2.18. The van der Waals surface area contributed by atoms with Crippen molar-refractivity contribution in [2.24, 2.45) is 0 Å². The molecule has 2 aromatic rings. The summed E-state index contributed by atoms with van der Waals surface area (Å²) in [5, 5.41) is 10.0. The van der Waals surface area contributed by atoms with E-state index < -0.39 is 0 Å². The van der Waals surface area contributed by atoms with Gasteiger partial charge in [-0.05, 0) is 59.8 Å².